The first-order valence-corrected chi connectivity index (χ1v) is 3.70. The second-order valence-electron chi connectivity index (χ2n) is 2.71. The van der Waals surface area contributed by atoms with E-state index in [0.29, 0.717) is 18.5 Å². The van der Waals surface area contributed by atoms with Crippen LogP contribution in [-0.4, -0.2) is 17.6 Å². The lowest BCUT2D eigenvalue weighted by atomic mass is 10.3. The molecule has 1 aromatic heterocycles. The van der Waals surface area contributed by atoms with Crippen molar-refractivity contribution in [1.82, 2.24) is 4.98 Å². The molecule has 0 amide bonds. The molecule has 2 rings (SSSR count). The number of nitrogens with one attached hydrogen (secondary N) is 1. The van der Waals surface area contributed by atoms with Crippen LogP contribution in [-0.2, 0) is 0 Å². The van der Waals surface area contributed by atoms with E-state index in [2.05, 4.69) is 17.2 Å². The first-order valence-electron chi connectivity index (χ1n) is 3.70. The molecule has 1 aromatic rings. The highest BCUT2D eigenvalue weighted by atomic mass is 16.5. The number of rotatable bonds is 0. The fourth-order valence-corrected chi connectivity index (χ4v) is 1.13. The molecule has 1 atom stereocenters. The van der Waals surface area contributed by atoms with Crippen LogP contribution in [0.5, 0.6) is 5.88 Å². The van der Waals surface area contributed by atoms with E-state index in [1.54, 1.807) is 6.20 Å². The molecule has 0 fully saturated rings. The average Bonchev–Trinajstić information content (AvgIpc) is 2.04. The van der Waals surface area contributed by atoms with Gasteiger partial charge in [-0.2, -0.15) is 0 Å². The molecule has 0 radical (unpaired) electrons. The highest BCUT2D eigenvalue weighted by Gasteiger charge is 2.14. The molecule has 3 nitrogen and oxygen atoms in total. The van der Waals surface area contributed by atoms with Crippen molar-refractivity contribution < 1.29 is 4.74 Å². The Morgan fingerprint density at radius 1 is 1.73 bits per heavy atom. The van der Waals surface area contributed by atoms with Crippen molar-refractivity contribution >= 4 is 5.69 Å². The highest BCUT2D eigenvalue weighted by Crippen LogP contribution is 2.24. The second kappa shape index (κ2) is 2.42. The Bertz CT molecular complexity index is 262. The summed E-state index contributed by atoms with van der Waals surface area (Å²) in [4.78, 5) is 4.07. The summed E-state index contributed by atoms with van der Waals surface area (Å²) in [7, 11) is 0. The zero-order valence-electron chi connectivity index (χ0n) is 6.37. The fraction of sp³-hybridized carbons (Fsp3) is 0.375. The van der Waals surface area contributed by atoms with Gasteiger partial charge < -0.3 is 10.1 Å². The Morgan fingerprint density at radius 2 is 2.64 bits per heavy atom. The zero-order valence-corrected chi connectivity index (χ0v) is 6.37. The van der Waals surface area contributed by atoms with Crippen LogP contribution in [0.3, 0.4) is 0 Å². The SMILES string of the molecule is CC1COc2ncccc2N1. The van der Waals surface area contributed by atoms with Crippen LogP contribution in [0.15, 0.2) is 18.3 Å². The van der Waals surface area contributed by atoms with Gasteiger partial charge in [-0.15, -0.1) is 0 Å². The quantitative estimate of drug-likeness (QED) is 0.604. The van der Waals surface area contributed by atoms with Crippen molar-refractivity contribution in [1.29, 1.82) is 0 Å². The predicted octanol–water partition coefficient (Wildman–Crippen LogP) is 1.27. The summed E-state index contributed by atoms with van der Waals surface area (Å²) in [5.41, 5.74) is 0.992. The summed E-state index contributed by atoms with van der Waals surface area (Å²) >= 11 is 0. The number of fused-ring (bicyclic) bond motifs is 1. The van der Waals surface area contributed by atoms with Crippen molar-refractivity contribution in [2.75, 3.05) is 11.9 Å². The molecule has 3 heteroatoms. The maximum absolute atomic E-state index is 5.36. The summed E-state index contributed by atoms with van der Waals surface area (Å²) in [6, 6.07) is 4.25. The molecule has 1 aliphatic heterocycles. The molecule has 0 aromatic carbocycles. The molecule has 0 bridgehead atoms. The van der Waals surface area contributed by atoms with Gasteiger partial charge in [0.2, 0.25) is 5.88 Å². The van der Waals surface area contributed by atoms with Crippen molar-refractivity contribution in [2.24, 2.45) is 0 Å². The average molecular weight is 150 g/mol. The standard InChI is InChI=1S/C8H10N2O/c1-6-5-11-8-7(10-6)3-2-4-9-8/h2-4,6,10H,5H2,1H3. The Hall–Kier alpha value is -1.25. The first-order chi connectivity index (χ1) is 5.36. The van der Waals surface area contributed by atoms with Gasteiger partial charge in [0.05, 0.1) is 11.7 Å². The molecule has 0 spiro atoms. The number of hydrogen-bond donors (Lipinski definition) is 1. The predicted molar refractivity (Wildman–Crippen MR) is 42.8 cm³/mol. The van der Waals surface area contributed by atoms with Crippen molar-refractivity contribution in [3.63, 3.8) is 0 Å². The molecular weight excluding hydrogens is 140 g/mol. The third kappa shape index (κ3) is 1.13. The van der Waals surface area contributed by atoms with E-state index in [1.165, 1.54) is 0 Å². The molecule has 0 saturated heterocycles. The van der Waals surface area contributed by atoms with Crippen LogP contribution in [0, 0.1) is 0 Å². The first kappa shape index (κ1) is 6.46. The lowest BCUT2D eigenvalue weighted by Crippen LogP contribution is -2.28. The van der Waals surface area contributed by atoms with Crippen LogP contribution in [0.25, 0.3) is 0 Å². The largest absolute Gasteiger partial charge is 0.474 e. The van der Waals surface area contributed by atoms with Gasteiger partial charge in [0.1, 0.15) is 6.61 Å². The smallest absolute Gasteiger partial charge is 0.237 e. The summed E-state index contributed by atoms with van der Waals surface area (Å²) < 4.78 is 5.36. The molecule has 1 unspecified atom stereocenters. The summed E-state index contributed by atoms with van der Waals surface area (Å²) in [6.45, 7) is 2.78. The maximum atomic E-state index is 5.36. The maximum Gasteiger partial charge on any atom is 0.237 e. The van der Waals surface area contributed by atoms with Crippen molar-refractivity contribution in [3.05, 3.63) is 18.3 Å². The van der Waals surface area contributed by atoms with Crippen molar-refractivity contribution in [3.8, 4) is 5.88 Å². The number of aromatic nitrogens is 1. The molecule has 0 aliphatic carbocycles. The van der Waals surface area contributed by atoms with E-state index in [9.17, 15) is 0 Å². The topological polar surface area (TPSA) is 34.1 Å². The van der Waals surface area contributed by atoms with E-state index in [0.717, 1.165) is 5.69 Å². The lowest BCUT2D eigenvalue weighted by Gasteiger charge is -2.23. The Morgan fingerprint density at radius 3 is 3.55 bits per heavy atom. The minimum Gasteiger partial charge on any atom is -0.474 e. The summed E-state index contributed by atoms with van der Waals surface area (Å²) in [5, 5.41) is 3.27. The van der Waals surface area contributed by atoms with Crippen LogP contribution in [0.2, 0.25) is 0 Å². The molecule has 2 heterocycles. The Balaban J connectivity index is 2.34. The van der Waals surface area contributed by atoms with Crippen LogP contribution in [0.4, 0.5) is 5.69 Å². The van der Waals surface area contributed by atoms with Gasteiger partial charge in [-0.1, -0.05) is 0 Å². The van der Waals surface area contributed by atoms with Crippen molar-refractivity contribution in [2.45, 2.75) is 13.0 Å². The number of ether oxygens (including phenoxy) is 1. The van der Waals surface area contributed by atoms with E-state index in [-0.39, 0.29) is 0 Å². The molecule has 1 N–H and O–H groups in total. The van der Waals surface area contributed by atoms with Crippen LogP contribution < -0.4 is 10.1 Å². The zero-order chi connectivity index (χ0) is 7.68. The molecular formula is C8H10N2O. The van der Waals surface area contributed by atoms with Gasteiger partial charge in [0, 0.05) is 6.20 Å². The molecule has 0 saturated carbocycles. The Kier molecular flexibility index (Phi) is 1.42. The third-order valence-corrected chi connectivity index (χ3v) is 1.64. The number of pyridine rings is 1. The van der Waals surface area contributed by atoms with Gasteiger partial charge in [0.15, 0.2) is 0 Å². The third-order valence-electron chi connectivity index (χ3n) is 1.64. The lowest BCUT2D eigenvalue weighted by molar-refractivity contribution is 0.280. The van der Waals surface area contributed by atoms with E-state index in [4.69, 9.17) is 4.74 Å². The molecule has 58 valence electrons. The van der Waals surface area contributed by atoms with Gasteiger partial charge in [-0.25, -0.2) is 4.98 Å². The molecule has 11 heavy (non-hydrogen) atoms. The second-order valence-corrected chi connectivity index (χ2v) is 2.71. The van der Waals surface area contributed by atoms with Gasteiger partial charge in [-0.05, 0) is 19.1 Å². The van der Waals surface area contributed by atoms with Gasteiger partial charge in [-0.3, -0.25) is 0 Å². The van der Waals surface area contributed by atoms with Gasteiger partial charge in [0.25, 0.3) is 0 Å². The monoisotopic (exact) mass is 150 g/mol. The van der Waals surface area contributed by atoms with Gasteiger partial charge >= 0.3 is 0 Å². The normalized spacial score (nSPS) is 21.4. The van der Waals surface area contributed by atoms with E-state index < -0.39 is 0 Å². The summed E-state index contributed by atoms with van der Waals surface area (Å²) in [6.07, 6.45) is 1.73. The highest BCUT2D eigenvalue weighted by molar-refractivity contribution is 5.53. The minimum absolute atomic E-state index is 0.381. The number of hydrogen-bond acceptors (Lipinski definition) is 3. The van der Waals surface area contributed by atoms with Crippen LogP contribution >= 0.6 is 0 Å². The fourth-order valence-electron chi connectivity index (χ4n) is 1.13. The van der Waals surface area contributed by atoms with Crippen LogP contribution in [0.1, 0.15) is 6.92 Å². The number of nitrogens with zero attached hydrogens (tertiary/aromatic N) is 1. The number of anilines is 1. The molecule has 1 aliphatic rings. The summed E-state index contributed by atoms with van der Waals surface area (Å²) in [5.74, 6) is 0.714. The minimum atomic E-state index is 0.381. The van der Waals surface area contributed by atoms with E-state index in [1.807, 2.05) is 12.1 Å². The van der Waals surface area contributed by atoms with E-state index >= 15 is 0 Å². The Labute approximate surface area is 65.4 Å².